The quantitative estimate of drug-likeness (QED) is 0.851. The van der Waals surface area contributed by atoms with Crippen LogP contribution in [0.5, 0.6) is 5.75 Å². The Labute approximate surface area is 102 Å². The number of hydrogen-bond donors (Lipinski definition) is 1. The average molecular weight is 243 g/mol. The first-order valence-corrected chi connectivity index (χ1v) is 6.00. The van der Waals surface area contributed by atoms with E-state index >= 15 is 0 Å². The Morgan fingerprint density at radius 3 is 2.69 bits per heavy atom. The molecule has 1 rings (SSSR count). The van der Waals surface area contributed by atoms with Crippen molar-refractivity contribution in [1.82, 2.24) is 0 Å². The van der Waals surface area contributed by atoms with Crippen LogP contribution in [0.25, 0.3) is 0 Å². The topological polar surface area (TPSA) is 29.5 Å². The lowest BCUT2D eigenvalue weighted by Gasteiger charge is -2.21. The lowest BCUT2D eigenvalue weighted by atomic mass is 9.93. The summed E-state index contributed by atoms with van der Waals surface area (Å²) in [6, 6.07) is 5.42. The van der Waals surface area contributed by atoms with E-state index in [-0.39, 0.29) is 5.92 Å². The van der Waals surface area contributed by atoms with Crippen LogP contribution in [0.1, 0.15) is 38.4 Å². The number of aliphatic hydroxyl groups is 1. The van der Waals surface area contributed by atoms with Crippen LogP contribution >= 0.6 is 11.6 Å². The Morgan fingerprint density at radius 2 is 2.12 bits per heavy atom. The van der Waals surface area contributed by atoms with Crippen molar-refractivity contribution < 1.29 is 9.84 Å². The Morgan fingerprint density at radius 1 is 1.44 bits per heavy atom. The molecule has 90 valence electrons. The van der Waals surface area contributed by atoms with Crippen molar-refractivity contribution in [2.24, 2.45) is 5.92 Å². The molecule has 2 unspecified atom stereocenters. The zero-order valence-electron chi connectivity index (χ0n) is 10.0. The standard InChI is InChI=1S/C13H19ClO2/c1-4-6-9(2)13(15)12-10(14)7-5-8-11(12)16-3/h5,7-9,13,15H,4,6H2,1-3H3. The number of methoxy groups -OCH3 is 1. The van der Waals surface area contributed by atoms with Gasteiger partial charge in [-0.15, -0.1) is 0 Å². The minimum atomic E-state index is -0.566. The maximum Gasteiger partial charge on any atom is 0.126 e. The summed E-state index contributed by atoms with van der Waals surface area (Å²) in [5.74, 6) is 0.835. The maximum absolute atomic E-state index is 10.2. The third-order valence-corrected chi connectivity index (χ3v) is 3.14. The molecule has 0 aliphatic heterocycles. The molecule has 0 radical (unpaired) electrons. The van der Waals surface area contributed by atoms with E-state index < -0.39 is 6.10 Å². The van der Waals surface area contributed by atoms with Crippen molar-refractivity contribution in [1.29, 1.82) is 0 Å². The Balaban J connectivity index is 3.01. The summed E-state index contributed by atoms with van der Waals surface area (Å²) in [5.41, 5.74) is 0.701. The molecule has 16 heavy (non-hydrogen) atoms. The second kappa shape index (κ2) is 6.12. The van der Waals surface area contributed by atoms with Gasteiger partial charge in [0.15, 0.2) is 0 Å². The minimum absolute atomic E-state index is 0.179. The molecule has 0 aromatic heterocycles. The van der Waals surface area contributed by atoms with Gasteiger partial charge in [0.25, 0.3) is 0 Å². The van der Waals surface area contributed by atoms with E-state index in [2.05, 4.69) is 6.92 Å². The second-order valence-corrected chi connectivity index (χ2v) is 4.47. The van der Waals surface area contributed by atoms with Gasteiger partial charge in [0, 0.05) is 5.56 Å². The molecule has 0 amide bonds. The van der Waals surface area contributed by atoms with Crippen molar-refractivity contribution in [2.45, 2.75) is 32.8 Å². The van der Waals surface area contributed by atoms with Gasteiger partial charge in [0.2, 0.25) is 0 Å². The molecular formula is C13H19ClO2. The molecular weight excluding hydrogens is 224 g/mol. The highest BCUT2D eigenvalue weighted by atomic mass is 35.5. The van der Waals surface area contributed by atoms with E-state index in [0.717, 1.165) is 12.8 Å². The molecule has 0 saturated heterocycles. The van der Waals surface area contributed by atoms with Crippen LogP contribution in [0, 0.1) is 5.92 Å². The van der Waals surface area contributed by atoms with Crippen LogP contribution in [-0.2, 0) is 0 Å². The molecule has 0 spiro atoms. The van der Waals surface area contributed by atoms with Crippen LogP contribution in [-0.4, -0.2) is 12.2 Å². The monoisotopic (exact) mass is 242 g/mol. The van der Waals surface area contributed by atoms with E-state index in [4.69, 9.17) is 16.3 Å². The lowest BCUT2D eigenvalue weighted by Crippen LogP contribution is -2.11. The van der Waals surface area contributed by atoms with E-state index in [1.807, 2.05) is 19.1 Å². The van der Waals surface area contributed by atoms with Gasteiger partial charge >= 0.3 is 0 Å². The molecule has 2 nitrogen and oxygen atoms in total. The first-order valence-electron chi connectivity index (χ1n) is 5.62. The molecule has 1 aromatic carbocycles. The number of hydrogen-bond acceptors (Lipinski definition) is 2. The summed E-state index contributed by atoms with van der Waals surface area (Å²) in [6.07, 6.45) is 1.45. The predicted molar refractivity (Wildman–Crippen MR) is 67.0 cm³/mol. The summed E-state index contributed by atoms with van der Waals surface area (Å²) < 4.78 is 5.23. The fraction of sp³-hybridized carbons (Fsp3) is 0.538. The molecule has 2 atom stereocenters. The van der Waals surface area contributed by atoms with Crippen molar-refractivity contribution in [3.05, 3.63) is 28.8 Å². The third kappa shape index (κ3) is 2.89. The van der Waals surface area contributed by atoms with Gasteiger partial charge in [-0.2, -0.15) is 0 Å². The van der Waals surface area contributed by atoms with Gasteiger partial charge in [0.05, 0.1) is 18.2 Å². The van der Waals surface area contributed by atoms with Crippen LogP contribution < -0.4 is 4.74 Å². The average Bonchev–Trinajstić information content (AvgIpc) is 2.28. The Hall–Kier alpha value is -0.730. The number of benzene rings is 1. The molecule has 0 bridgehead atoms. The molecule has 0 saturated carbocycles. The lowest BCUT2D eigenvalue weighted by molar-refractivity contribution is 0.109. The summed E-state index contributed by atoms with van der Waals surface area (Å²) in [7, 11) is 1.59. The smallest absolute Gasteiger partial charge is 0.126 e. The molecule has 0 fully saturated rings. The number of ether oxygens (including phenoxy) is 1. The Bertz CT molecular complexity index is 339. The molecule has 1 aromatic rings. The molecule has 3 heteroatoms. The van der Waals surface area contributed by atoms with Crippen LogP contribution in [0.2, 0.25) is 5.02 Å². The highest BCUT2D eigenvalue weighted by molar-refractivity contribution is 6.31. The van der Waals surface area contributed by atoms with E-state index in [1.165, 1.54) is 0 Å². The number of rotatable bonds is 5. The minimum Gasteiger partial charge on any atom is -0.496 e. The Kier molecular flexibility index (Phi) is 5.10. The number of halogens is 1. The first kappa shape index (κ1) is 13.3. The SMILES string of the molecule is CCCC(C)C(O)c1c(Cl)cccc1OC. The first-order chi connectivity index (χ1) is 7.61. The molecule has 0 aliphatic rings. The predicted octanol–water partition coefficient (Wildman–Crippen LogP) is 3.82. The highest BCUT2D eigenvalue weighted by Gasteiger charge is 2.21. The highest BCUT2D eigenvalue weighted by Crippen LogP contribution is 2.36. The van der Waals surface area contributed by atoms with Crippen LogP contribution in [0.15, 0.2) is 18.2 Å². The van der Waals surface area contributed by atoms with Gasteiger partial charge < -0.3 is 9.84 Å². The number of aliphatic hydroxyl groups excluding tert-OH is 1. The van der Waals surface area contributed by atoms with E-state index in [1.54, 1.807) is 13.2 Å². The fourth-order valence-electron chi connectivity index (χ4n) is 1.88. The van der Waals surface area contributed by atoms with Gasteiger partial charge in [-0.05, 0) is 24.5 Å². The summed E-state index contributed by atoms with van der Waals surface area (Å²) in [6.45, 7) is 4.13. The molecule has 0 aliphatic carbocycles. The van der Waals surface area contributed by atoms with Crippen molar-refractivity contribution in [2.75, 3.05) is 7.11 Å². The normalized spacial score (nSPS) is 14.6. The van der Waals surface area contributed by atoms with Crippen LogP contribution in [0.4, 0.5) is 0 Å². The fourth-order valence-corrected chi connectivity index (χ4v) is 2.16. The molecule has 0 heterocycles. The largest absolute Gasteiger partial charge is 0.496 e. The van der Waals surface area contributed by atoms with Gasteiger partial charge in [-0.3, -0.25) is 0 Å². The van der Waals surface area contributed by atoms with E-state index in [0.29, 0.717) is 16.3 Å². The molecule has 1 N–H and O–H groups in total. The van der Waals surface area contributed by atoms with Crippen LogP contribution in [0.3, 0.4) is 0 Å². The van der Waals surface area contributed by atoms with Gasteiger partial charge in [-0.25, -0.2) is 0 Å². The van der Waals surface area contributed by atoms with Crippen molar-refractivity contribution in [3.63, 3.8) is 0 Å². The van der Waals surface area contributed by atoms with E-state index in [9.17, 15) is 5.11 Å². The van der Waals surface area contributed by atoms with Gasteiger partial charge in [-0.1, -0.05) is 37.9 Å². The van der Waals surface area contributed by atoms with Gasteiger partial charge in [0.1, 0.15) is 5.75 Å². The zero-order chi connectivity index (χ0) is 12.1. The summed E-state index contributed by atoms with van der Waals surface area (Å²) in [5, 5.41) is 10.8. The van der Waals surface area contributed by atoms with Crippen molar-refractivity contribution in [3.8, 4) is 5.75 Å². The third-order valence-electron chi connectivity index (χ3n) is 2.81. The second-order valence-electron chi connectivity index (χ2n) is 4.07. The van der Waals surface area contributed by atoms with Crippen molar-refractivity contribution >= 4 is 11.6 Å². The maximum atomic E-state index is 10.2. The zero-order valence-corrected chi connectivity index (χ0v) is 10.8. The summed E-state index contributed by atoms with van der Waals surface area (Å²) in [4.78, 5) is 0. The summed E-state index contributed by atoms with van der Waals surface area (Å²) >= 11 is 6.11.